The van der Waals surface area contributed by atoms with Crippen LogP contribution in [-0.4, -0.2) is 12.8 Å². The first kappa shape index (κ1) is 11.2. The van der Waals surface area contributed by atoms with Gasteiger partial charge in [-0.2, -0.15) is 5.26 Å². The molecule has 1 atom stereocenters. The van der Waals surface area contributed by atoms with E-state index in [0.717, 1.165) is 19.3 Å². The number of rotatable bonds is 1. The highest BCUT2D eigenvalue weighted by Gasteiger charge is 2.29. The van der Waals surface area contributed by atoms with Gasteiger partial charge in [-0.05, 0) is 24.8 Å². The molecule has 0 saturated heterocycles. The number of thiophene rings is 1. The van der Waals surface area contributed by atoms with E-state index in [0.29, 0.717) is 16.5 Å². The first-order valence-corrected chi connectivity index (χ1v) is 6.31. The van der Waals surface area contributed by atoms with Crippen LogP contribution < -0.4 is 5.73 Å². The second-order valence-corrected chi connectivity index (χ2v) is 5.06. The van der Waals surface area contributed by atoms with Gasteiger partial charge in [0.05, 0.1) is 5.56 Å². The van der Waals surface area contributed by atoms with Crippen LogP contribution >= 0.6 is 11.3 Å². The van der Waals surface area contributed by atoms with E-state index < -0.39 is 0 Å². The first-order valence-electron chi connectivity index (χ1n) is 5.49. The van der Waals surface area contributed by atoms with Crippen molar-refractivity contribution in [1.82, 2.24) is 0 Å². The van der Waals surface area contributed by atoms with E-state index in [9.17, 15) is 0 Å². The summed E-state index contributed by atoms with van der Waals surface area (Å²) in [4.78, 5) is 5.63. The van der Waals surface area contributed by atoms with Gasteiger partial charge in [0.15, 0.2) is 0 Å². The average Bonchev–Trinajstić information content (AvgIpc) is 2.62. The molecule has 2 N–H and O–H groups in total. The van der Waals surface area contributed by atoms with E-state index in [1.54, 1.807) is 11.3 Å². The van der Waals surface area contributed by atoms with Crippen molar-refractivity contribution in [3.63, 3.8) is 0 Å². The molecule has 1 aromatic heterocycles. The van der Waals surface area contributed by atoms with E-state index in [4.69, 9.17) is 11.0 Å². The Morgan fingerprint density at radius 1 is 1.56 bits per heavy atom. The van der Waals surface area contributed by atoms with Crippen LogP contribution in [0.4, 0.5) is 5.00 Å². The molecule has 16 heavy (non-hydrogen) atoms. The minimum atomic E-state index is 0.378. The quantitative estimate of drug-likeness (QED) is 0.810. The lowest BCUT2D eigenvalue weighted by Gasteiger charge is -2.23. The van der Waals surface area contributed by atoms with Crippen LogP contribution in [0.2, 0.25) is 0 Å². The highest BCUT2D eigenvalue weighted by Crippen LogP contribution is 2.42. The fraction of sp³-hybridized carbons (Fsp3) is 0.500. The van der Waals surface area contributed by atoms with Crippen molar-refractivity contribution in [2.24, 2.45) is 4.99 Å². The molecule has 0 fully saturated rings. The van der Waals surface area contributed by atoms with Crippen LogP contribution in [-0.2, 0) is 6.42 Å². The van der Waals surface area contributed by atoms with Crippen molar-refractivity contribution in [2.45, 2.75) is 32.1 Å². The predicted octanol–water partition coefficient (Wildman–Crippen LogP) is 2.71. The van der Waals surface area contributed by atoms with Crippen LogP contribution in [0.1, 0.15) is 41.7 Å². The Hall–Kier alpha value is -1.34. The lowest BCUT2D eigenvalue weighted by Crippen LogP contribution is -2.18. The molecule has 0 bridgehead atoms. The minimum absolute atomic E-state index is 0.378. The van der Waals surface area contributed by atoms with Gasteiger partial charge in [0.1, 0.15) is 11.1 Å². The number of nitrogen functional groups attached to an aromatic ring is 1. The monoisotopic (exact) mass is 233 g/mol. The topological polar surface area (TPSA) is 62.2 Å². The van der Waals surface area contributed by atoms with E-state index in [2.05, 4.69) is 18.0 Å². The number of nitrogens with zero attached hydrogens (tertiary/aromatic N) is 2. The zero-order valence-electron chi connectivity index (χ0n) is 9.58. The second-order valence-electron chi connectivity index (χ2n) is 3.97. The van der Waals surface area contributed by atoms with E-state index in [1.165, 1.54) is 16.2 Å². The largest absolute Gasteiger partial charge is 0.389 e. The number of fused-ring (bicyclic) bond motifs is 1. The third-order valence-electron chi connectivity index (χ3n) is 3.22. The van der Waals surface area contributed by atoms with Crippen molar-refractivity contribution in [3.8, 4) is 6.07 Å². The highest BCUT2D eigenvalue weighted by molar-refractivity contribution is 7.16. The molecule has 0 aromatic carbocycles. The SMILES string of the molecule is CCC1C(=NC)CCc2c1sc(N)c2C#N. The summed E-state index contributed by atoms with van der Waals surface area (Å²) in [5.41, 5.74) is 9.02. The van der Waals surface area contributed by atoms with Gasteiger partial charge in [0.25, 0.3) is 0 Å². The number of anilines is 1. The third kappa shape index (κ3) is 1.52. The summed E-state index contributed by atoms with van der Waals surface area (Å²) in [6.07, 6.45) is 2.91. The molecule has 0 saturated carbocycles. The fourth-order valence-electron chi connectivity index (χ4n) is 2.42. The summed E-state index contributed by atoms with van der Waals surface area (Å²) in [6.45, 7) is 2.16. The van der Waals surface area contributed by atoms with Crippen molar-refractivity contribution in [1.29, 1.82) is 5.26 Å². The van der Waals surface area contributed by atoms with Gasteiger partial charge in [0, 0.05) is 23.6 Å². The summed E-state index contributed by atoms with van der Waals surface area (Å²) >= 11 is 1.57. The van der Waals surface area contributed by atoms with Gasteiger partial charge >= 0.3 is 0 Å². The molecule has 0 amide bonds. The zero-order chi connectivity index (χ0) is 11.7. The van der Waals surface area contributed by atoms with Gasteiger partial charge in [-0.1, -0.05) is 6.92 Å². The Balaban J connectivity index is 2.56. The van der Waals surface area contributed by atoms with Crippen LogP contribution in [0.5, 0.6) is 0 Å². The van der Waals surface area contributed by atoms with Gasteiger partial charge < -0.3 is 5.73 Å². The Bertz CT molecular complexity index is 479. The van der Waals surface area contributed by atoms with Crippen molar-refractivity contribution < 1.29 is 0 Å². The standard InChI is InChI=1S/C12H15N3S/c1-3-7-10(15-2)5-4-8-9(6-13)12(14)16-11(7)8/h7H,3-5,14H2,1-2H3. The number of nitrogens with two attached hydrogens (primary N) is 1. The predicted molar refractivity (Wildman–Crippen MR) is 68.2 cm³/mol. The highest BCUT2D eigenvalue weighted by atomic mass is 32.1. The molecule has 0 radical (unpaired) electrons. The van der Waals surface area contributed by atoms with Gasteiger partial charge in [-0.25, -0.2) is 0 Å². The molecule has 1 heterocycles. The lowest BCUT2D eigenvalue weighted by atomic mass is 9.84. The molecule has 1 aliphatic carbocycles. The van der Waals surface area contributed by atoms with E-state index >= 15 is 0 Å². The maximum Gasteiger partial charge on any atom is 0.104 e. The van der Waals surface area contributed by atoms with Gasteiger partial charge in [-0.3, -0.25) is 4.99 Å². The van der Waals surface area contributed by atoms with Crippen LogP contribution in [0.25, 0.3) is 0 Å². The third-order valence-corrected chi connectivity index (χ3v) is 4.40. The van der Waals surface area contributed by atoms with Crippen LogP contribution in [0.15, 0.2) is 4.99 Å². The van der Waals surface area contributed by atoms with Crippen LogP contribution in [0, 0.1) is 11.3 Å². The second kappa shape index (κ2) is 4.26. The zero-order valence-corrected chi connectivity index (χ0v) is 10.4. The molecular weight excluding hydrogens is 218 g/mol. The number of aliphatic imine (C=N–C) groups is 1. The number of nitriles is 1. The molecular formula is C12H15N3S. The van der Waals surface area contributed by atoms with Crippen LogP contribution in [0.3, 0.4) is 0 Å². The van der Waals surface area contributed by atoms with E-state index in [1.807, 2.05) is 7.05 Å². The summed E-state index contributed by atoms with van der Waals surface area (Å²) in [5, 5.41) is 9.76. The smallest absolute Gasteiger partial charge is 0.104 e. The first-order chi connectivity index (χ1) is 7.72. The Labute approximate surface area is 99.6 Å². The summed E-state index contributed by atoms with van der Waals surface area (Å²) in [6, 6.07) is 2.23. The van der Waals surface area contributed by atoms with Crippen molar-refractivity contribution >= 4 is 22.0 Å². The average molecular weight is 233 g/mol. The summed E-state index contributed by atoms with van der Waals surface area (Å²) < 4.78 is 0. The Morgan fingerprint density at radius 2 is 2.31 bits per heavy atom. The van der Waals surface area contributed by atoms with Crippen molar-refractivity contribution in [2.75, 3.05) is 12.8 Å². The molecule has 1 aliphatic rings. The molecule has 4 heteroatoms. The molecule has 1 aromatic rings. The molecule has 3 nitrogen and oxygen atoms in total. The maximum absolute atomic E-state index is 9.09. The molecule has 1 unspecified atom stereocenters. The fourth-order valence-corrected chi connectivity index (χ4v) is 3.70. The van der Waals surface area contributed by atoms with Crippen molar-refractivity contribution in [3.05, 3.63) is 16.0 Å². The molecule has 0 aliphatic heterocycles. The minimum Gasteiger partial charge on any atom is -0.389 e. The molecule has 84 valence electrons. The van der Waals surface area contributed by atoms with E-state index in [-0.39, 0.29) is 0 Å². The Kier molecular flexibility index (Phi) is 2.97. The van der Waals surface area contributed by atoms with Gasteiger partial charge in [-0.15, -0.1) is 11.3 Å². The normalized spacial score (nSPS) is 21.8. The summed E-state index contributed by atoms with van der Waals surface area (Å²) in [7, 11) is 1.85. The Morgan fingerprint density at radius 3 is 2.88 bits per heavy atom. The lowest BCUT2D eigenvalue weighted by molar-refractivity contribution is 0.782. The number of hydrogen-bond acceptors (Lipinski definition) is 4. The number of hydrogen-bond donors (Lipinski definition) is 1. The van der Waals surface area contributed by atoms with Gasteiger partial charge in [0.2, 0.25) is 0 Å². The molecule has 0 spiro atoms. The summed E-state index contributed by atoms with van der Waals surface area (Å²) in [5.74, 6) is 0.378. The molecule has 2 rings (SSSR count). The maximum atomic E-state index is 9.09.